The highest BCUT2D eigenvalue weighted by molar-refractivity contribution is 7.52. The van der Waals surface area contributed by atoms with Crippen LogP contribution in [0.5, 0.6) is 5.75 Å². The van der Waals surface area contributed by atoms with Crippen LogP contribution < -0.4 is 15.3 Å². The summed E-state index contributed by atoms with van der Waals surface area (Å²) in [6.07, 6.45) is 18.8. The van der Waals surface area contributed by atoms with Gasteiger partial charge in [-0.1, -0.05) is 152 Å². The van der Waals surface area contributed by atoms with E-state index in [4.69, 9.17) is 43.2 Å². The monoisotopic (exact) mass is 975 g/mol. The lowest BCUT2D eigenvalue weighted by molar-refractivity contribution is -0.204. The summed E-state index contributed by atoms with van der Waals surface area (Å²) >= 11 is 0. The van der Waals surface area contributed by atoms with E-state index in [1.54, 1.807) is 60.8 Å². The van der Waals surface area contributed by atoms with Gasteiger partial charge in [-0.25, -0.2) is 14.1 Å². The first-order chi connectivity index (χ1) is 33.4. The van der Waals surface area contributed by atoms with Crippen molar-refractivity contribution < 1.29 is 46.8 Å². The number of carbonyl (C=O) groups excluding carboxylic acids is 1. The second-order valence-electron chi connectivity index (χ2n) is 18.7. The van der Waals surface area contributed by atoms with E-state index in [1.807, 2.05) is 30.3 Å². The van der Waals surface area contributed by atoms with E-state index in [2.05, 4.69) is 28.2 Å². The number of nitrogens with two attached hydrogens (primary N) is 1. The molecule has 1 unspecified atom stereocenters. The highest BCUT2D eigenvalue weighted by Gasteiger charge is 2.65. The second kappa shape index (κ2) is 27.2. The maximum Gasteiger partial charge on any atom is 0.459 e. The number of hydrogen-bond acceptors (Lipinski definition) is 14. The van der Waals surface area contributed by atoms with Crippen molar-refractivity contribution in [3.63, 3.8) is 0 Å². The van der Waals surface area contributed by atoms with Crippen molar-refractivity contribution in [2.75, 3.05) is 32.2 Å². The Bertz CT molecular complexity index is 2230. The molecule has 378 valence electrons. The summed E-state index contributed by atoms with van der Waals surface area (Å²) in [5.74, 6) is -1.39. The average molecular weight is 975 g/mol. The fourth-order valence-corrected chi connectivity index (χ4v) is 10.3. The van der Waals surface area contributed by atoms with Crippen molar-refractivity contribution in [1.82, 2.24) is 19.7 Å². The molecule has 0 aliphatic carbocycles. The van der Waals surface area contributed by atoms with E-state index in [1.165, 1.54) is 103 Å². The van der Waals surface area contributed by atoms with Crippen molar-refractivity contribution >= 4 is 25.1 Å². The number of para-hydroxylation sites is 1. The summed E-state index contributed by atoms with van der Waals surface area (Å²) in [6, 6.07) is 22.6. The van der Waals surface area contributed by atoms with Crippen LogP contribution in [0, 0.1) is 11.3 Å². The van der Waals surface area contributed by atoms with E-state index in [9.17, 15) is 14.6 Å². The van der Waals surface area contributed by atoms with Crippen LogP contribution >= 0.6 is 7.75 Å². The van der Waals surface area contributed by atoms with Crippen LogP contribution in [0.15, 0.2) is 79.1 Å². The van der Waals surface area contributed by atoms with Gasteiger partial charge in [0.05, 0.1) is 18.9 Å². The van der Waals surface area contributed by atoms with Gasteiger partial charge >= 0.3 is 13.7 Å². The zero-order valence-corrected chi connectivity index (χ0v) is 42.0. The minimum atomic E-state index is -4.48. The molecule has 0 amide bonds. The first-order valence-electron chi connectivity index (χ1n) is 25.1. The Morgan fingerprint density at radius 3 is 2.12 bits per heavy atom. The quantitative estimate of drug-likeness (QED) is 0.0259. The molecule has 7 atom stereocenters. The van der Waals surface area contributed by atoms with Crippen molar-refractivity contribution in [3.8, 4) is 11.8 Å². The van der Waals surface area contributed by atoms with Crippen molar-refractivity contribution in [2.24, 2.45) is 0 Å². The zero-order valence-electron chi connectivity index (χ0n) is 41.1. The topological polar surface area (TPSA) is 200 Å². The van der Waals surface area contributed by atoms with Crippen molar-refractivity contribution in [2.45, 2.75) is 179 Å². The fourth-order valence-electron chi connectivity index (χ4n) is 8.77. The third-order valence-electron chi connectivity index (χ3n) is 12.5. The Morgan fingerprint density at radius 2 is 1.48 bits per heavy atom. The number of nitriles is 1. The molecule has 3 N–H and O–H groups in total. The van der Waals surface area contributed by atoms with Crippen LogP contribution in [0.1, 0.15) is 148 Å². The van der Waals surface area contributed by atoms with Gasteiger partial charge in [0, 0.05) is 6.61 Å². The first kappa shape index (κ1) is 53.9. The van der Waals surface area contributed by atoms with Gasteiger partial charge in [0.1, 0.15) is 67.3 Å². The lowest BCUT2D eigenvalue weighted by Crippen LogP contribution is -2.46. The summed E-state index contributed by atoms with van der Waals surface area (Å²) in [6.45, 7) is 7.58. The Kier molecular flexibility index (Phi) is 21.3. The predicted octanol–water partition coefficient (Wildman–Crippen LogP) is 10.8. The molecule has 4 heterocycles. The number of hydrogen-bond donors (Lipinski definition) is 2. The Labute approximate surface area is 408 Å². The SMILES string of the molecule is CCCCCCCCCCCCCCCCCCOC[C@H](COC(=O)[C@H](C)NP(=O)(OC[C@@]1(C#N)O[C@@H](c2ccc3c(N)ncnn23)[C@@H]2OC(C)(C)O[C@@H]21)Oc1ccccc1)OCc1ccccc1. The van der Waals surface area contributed by atoms with E-state index in [-0.39, 0.29) is 24.8 Å². The minimum absolute atomic E-state index is 0.116. The van der Waals surface area contributed by atoms with Crippen LogP contribution in [-0.2, 0) is 48.9 Å². The molecule has 0 bridgehead atoms. The third kappa shape index (κ3) is 16.3. The zero-order chi connectivity index (χ0) is 49.0. The number of carbonyl (C=O) groups is 1. The molecule has 4 aromatic rings. The van der Waals surface area contributed by atoms with Gasteiger partial charge in [0.2, 0.25) is 5.60 Å². The van der Waals surface area contributed by atoms with Crippen molar-refractivity contribution in [3.05, 3.63) is 90.4 Å². The van der Waals surface area contributed by atoms with E-state index < -0.39 is 62.2 Å². The fraction of sp³-hybridized carbons (Fsp3) is 0.615. The maximum absolute atomic E-state index is 14.8. The van der Waals surface area contributed by atoms with Crippen LogP contribution in [0.4, 0.5) is 5.82 Å². The van der Waals surface area contributed by atoms with Gasteiger partial charge in [-0.2, -0.15) is 15.4 Å². The summed E-state index contributed by atoms with van der Waals surface area (Å²) in [5.41, 5.74) is 6.29. The maximum atomic E-state index is 14.8. The van der Waals surface area contributed by atoms with Crippen LogP contribution in [0.25, 0.3) is 5.52 Å². The number of aromatic nitrogens is 3. The van der Waals surface area contributed by atoms with E-state index >= 15 is 0 Å². The Balaban J connectivity index is 1.000. The van der Waals surface area contributed by atoms with Gasteiger partial charge in [-0.3, -0.25) is 9.32 Å². The van der Waals surface area contributed by atoms with Gasteiger partial charge in [-0.05, 0) is 57.0 Å². The molecule has 17 heteroatoms. The number of esters is 1. The number of unbranched alkanes of at least 4 members (excludes halogenated alkanes) is 15. The Morgan fingerprint density at radius 1 is 0.855 bits per heavy atom. The molecule has 0 saturated carbocycles. The minimum Gasteiger partial charge on any atom is -0.462 e. The number of fused-ring (bicyclic) bond motifs is 2. The Hall–Kier alpha value is -4.43. The average Bonchev–Trinajstić information content (AvgIpc) is 4.01. The lowest BCUT2D eigenvalue weighted by Gasteiger charge is -2.30. The lowest BCUT2D eigenvalue weighted by atomic mass is 9.96. The molecule has 69 heavy (non-hydrogen) atoms. The van der Waals surface area contributed by atoms with E-state index in [0.717, 1.165) is 18.4 Å². The molecule has 2 saturated heterocycles. The number of ether oxygens (including phenoxy) is 6. The van der Waals surface area contributed by atoms with Gasteiger partial charge in [0.25, 0.3) is 0 Å². The van der Waals surface area contributed by atoms with E-state index in [0.29, 0.717) is 24.4 Å². The molecule has 2 aliphatic rings. The van der Waals surface area contributed by atoms with Gasteiger partial charge < -0.3 is 38.7 Å². The molecular formula is C52H75N6O10P. The smallest absolute Gasteiger partial charge is 0.459 e. The summed E-state index contributed by atoms with van der Waals surface area (Å²) in [4.78, 5) is 17.7. The third-order valence-corrected chi connectivity index (χ3v) is 14.1. The van der Waals surface area contributed by atoms with Crippen LogP contribution in [-0.4, -0.2) is 82.7 Å². The summed E-state index contributed by atoms with van der Waals surface area (Å²) < 4.78 is 65.4. The second-order valence-corrected chi connectivity index (χ2v) is 20.4. The molecule has 6 rings (SSSR count). The molecule has 0 spiro atoms. The number of anilines is 1. The molecule has 0 radical (unpaired) electrons. The molecule has 16 nitrogen and oxygen atoms in total. The highest BCUT2D eigenvalue weighted by atomic mass is 31.2. The summed E-state index contributed by atoms with van der Waals surface area (Å²) in [7, 11) is -4.48. The van der Waals surface area contributed by atoms with Crippen LogP contribution in [0.2, 0.25) is 0 Å². The first-order valence-corrected chi connectivity index (χ1v) is 26.7. The number of nitrogen functional groups attached to an aromatic ring is 1. The number of rotatable bonds is 33. The normalized spacial score (nSPS) is 21.3. The molecular weight excluding hydrogens is 900 g/mol. The number of nitrogens with one attached hydrogen (secondary N) is 1. The molecule has 2 aromatic carbocycles. The largest absolute Gasteiger partial charge is 0.462 e. The molecule has 2 aliphatic heterocycles. The highest BCUT2D eigenvalue weighted by Crippen LogP contribution is 2.53. The van der Waals surface area contributed by atoms with Crippen molar-refractivity contribution in [1.29, 1.82) is 5.26 Å². The standard InChI is InChI=1S/C52H75N6O10P/c1-5-6-7-8-9-10-11-12-13-14-15-16-17-18-19-26-33-61-35-43(62-34-41-27-22-20-23-28-41)36-63-50(59)40(2)57-69(60,68-42-29-24-21-25-30-42)64-38-52(37-53)48-47(65-51(3,4)67-48)46(66-52)44-31-32-45-49(54)55-39-56-58(44)45/h20-25,27-32,39-40,43,46-48H,5-19,26,33-36,38H2,1-4H3,(H,57,60)(H2,54,55,56)/t40-,43+,46-,47-,48-,52+,69?/m0/s1. The summed E-state index contributed by atoms with van der Waals surface area (Å²) in [5, 5.41) is 17.9. The van der Waals surface area contributed by atoms with Crippen LogP contribution in [0.3, 0.4) is 0 Å². The number of nitrogens with zero attached hydrogens (tertiary/aromatic N) is 4. The molecule has 2 fully saturated rings. The number of benzene rings is 2. The van der Waals surface area contributed by atoms with Gasteiger partial charge in [0.15, 0.2) is 11.6 Å². The predicted molar refractivity (Wildman–Crippen MR) is 263 cm³/mol. The van der Waals surface area contributed by atoms with Gasteiger partial charge in [-0.15, -0.1) is 0 Å². The molecule has 2 aromatic heterocycles.